The molecule has 2 fully saturated rings. The molecule has 2 aromatic carbocycles. The van der Waals surface area contributed by atoms with Gasteiger partial charge < -0.3 is 25.0 Å². The van der Waals surface area contributed by atoms with Crippen LogP contribution in [0.1, 0.15) is 92.9 Å². The standard InChI is InChI=1S/C38H47N5O6/c1-24(44)42-17-13-26(14-18-42)32-10-6-27-19-25(5-9-33(27)40-32)21-41-16-15-30(23-41)48-29-7-8-31-28(20-29)22-43(37(31)47)34(36(39)46)11-12-35(45)49-38(2,3)4/h5-10,19-20,26,30,34H,11-18,21-23H2,1-4H3,(H2,39,46)/t30-,34-/m0/s1. The van der Waals surface area contributed by atoms with E-state index in [1.165, 1.54) is 10.5 Å². The van der Waals surface area contributed by atoms with Crippen molar-refractivity contribution in [1.82, 2.24) is 19.7 Å². The topological polar surface area (TPSA) is 135 Å². The Bertz CT molecular complexity index is 1740. The van der Waals surface area contributed by atoms with Crippen LogP contribution in [0, 0.1) is 0 Å². The van der Waals surface area contributed by atoms with Gasteiger partial charge in [-0.3, -0.25) is 29.1 Å². The van der Waals surface area contributed by atoms with Gasteiger partial charge in [-0.1, -0.05) is 12.1 Å². The molecule has 11 nitrogen and oxygen atoms in total. The monoisotopic (exact) mass is 669 g/mol. The van der Waals surface area contributed by atoms with Crippen LogP contribution in [-0.2, 0) is 32.2 Å². The van der Waals surface area contributed by atoms with Gasteiger partial charge in [0.1, 0.15) is 23.5 Å². The van der Waals surface area contributed by atoms with E-state index in [0.29, 0.717) is 17.2 Å². The molecule has 2 saturated heterocycles. The number of carbonyl (C=O) groups excluding carboxylic acids is 4. The van der Waals surface area contributed by atoms with Gasteiger partial charge in [0, 0.05) is 75.2 Å². The van der Waals surface area contributed by atoms with Gasteiger partial charge in [0.15, 0.2) is 0 Å². The zero-order chi connectivity index (χ0) is 34.9. The number of pyridine rings is 1. The maximum absolute atomic E-state index is 13.2. The zero-order valence-electron chi connectivity index (χ0n) is 28.9. The molecular formula is C38H47N5O6. The first-order valence-corrected chi connectivity index (χ1v) is 17.3. The summed E-state index contributed by atoms with van der Waals surface area (Å²) < 4.78 is 11.7. The highest BCUT2D eigenvalue weighted by Crippen LogP contribution is 2.32. The molecule has 3 aromatic rings. The van der Waals surface area contributed by atoms with Gasteiger partial charge >= 0.3 is 5.97 Å². The smallest absolute Gasteiger partial charge is 0.306 e. The normalized spacial score (nSPS) is 19.3. The molecule has 2 atom stereocenters. The highest BCUT2D eigenvalue weighted by Gasteiger charge is 2.36. The molecule has 4 heterocycles. The van der Waals surface area contributed by atoms with E-state index < -0.39 is 23.5 Å². The van der Waals surface area contributed by atoms with Crippen LogP contribution in [0.2, 0.25) is 0 Å². The van der Waals surface area contributed by atoms with Gasteiger partial charge in [0.25, 0.3) is 5.91 Å². The van der Waals surface area contributed by atoms with Crippen LogP contribution in [0.5, 0.6) is 5.75 Å². The Balaban J connectivity index is 1.02. The minimum atomic E-state index is -0.912. The summed E-state index contributed by atoms with van der Waals surface area (Å²) in [4.78, 5) is 60.2. The van der Waals surface area contributed by atoms with Gasteiger partial charge in [0.2, 0.25) is 11.8 Å². The number of rotatable bonds is 10. The van der Waals surface area contributed by atoms with E-state index in [0.717, 1.165) is 74.1 Å². The number of primary amides is 1. The first-order valence-electron chi connectivity index (χ1n) is 17.3. The van der Waals surface area contributed by atoms with Crippen LogP contribution in [0.25, 0.3) is 10.9 Å². The lowest BCUT2D eigenvalue weighted by molar-refractivity contribution is -0.155. The first kappa shape index (κ1) is 34.4. The molecule has 0 unspecified atom stereocenters. The summed E-state index contributed by atoms with van der Waals surface area (Å²) in [7, 11) is 0. The number of nitrogens with zero attached hydrogens (tertiary/aromatic N) is 4. The Morgan fingerprint density at radius 2 is 1.78 bits per heavy atom. The Morgan fingerprint density at radius 1 is 1.00 bits per heavy atom. The molecule has 2 N–H and O–H groups in total. The predicted molar refractivity (Wildman–Crippen MR) is 185 cm³/mol. The summed E-state index contributed by atoms with van der Waals surface area (Å²) in [5.41, 5.74) is 9.66. The van der Waals surface area contributed by atoms with Gasteiger partial charge in [-0.25, -0.2) is 0 Å². The van der Waals surface area contributed by atoms with Crippen molar-refractivity contribution < 1.29 is 28.7 Å². The van der Waals surface area contributed by atoms with Crippen molar-refractivity contribution in [3.05, 3.63) is 70.9 Å². The molecule has 49 heavy (non-hydrogen) atoms. The molecule has 0 spiro atoms. The number of hydrogen-bond acceptors (Lipinski definition) is 8. The maximum Gasteiger partial charge on any atom is 0.306 e. The molecule has 0 bridgehead atoms. The number of nitrogens with two attached hydrogens (primary N) is 1. The molecule has 11 heteroatoms. The molecule has 0 aliphatic carbocycles. The van der Waals surface area contributed by atoms with Crippen molar-refractivity contribution in [2.45, 2.75) is 96.6 Å². The van der Waals surface area contributed by atoms with Crippen LogP contribution in [0.3, 0.4) is 0 Å². The van der Waals surface area contributed by atoms with Crippen molar-refractivity contribution in [3.8, 4) is 5.75 Å². The maximum atomic E-state index is 13.2. The lowest BCUT2D eigenvalue weighted by Gasteiger charge is -2.31. The van der Waals surface area contributed by atoms with Crippen LogP contribution in [0.4, 0.5) is 0 Å². The average molecular weight is 670 g/mol. The lowest BCUT2D eigenvalue weighted by Crippen LogP contribution is -2.45. The fraction of sp³-hybridized carbons (Fsp3) is 0.500. The number of amides is 3. The quantitative estimate of drug-likeness (QED) is 0.311. The van der Waals surface area contributed by atoms with Crippen LogP contribution in [-0.4, -0.2) is 87.3 Å². The number of carbonyl (C=O) groups is 4. The summed E-state index contributed by atoms with van der Waals surface area (Å²) in [5.74, 6) is -0.151. The van der Waals surface area contributed by atoms with Gasteiger partial charge in [-0.2, -0.15) is 0 Å². The Hall–Kier alpha value is -4.51. The molecule has 1 aromatic heterocycles. The number of benzene rings is 2. The van der Waals surface area contributed by atoms with Crippen LogP contribution >= 0.6 is 0 Å². The molecule has 3 amide bonds. The highest BCUT2D eigenvalue weighted by atomic mass is 16.6. The summed E-state index contributed by atoms with van der Waals surface area (Å²) >= 11 is 0. The van der Waals surface area contributed by atoms with Crippen LogP contribution < -0.4 is 10.5 Å². The first-order chi connectivity index (χ1) is 23.3. The number of ether oxygens (including phenoxy) is 2. The van der Waals surface area contributed by atoms with Crippen molar-refractivity contribution in [3.63, 3.8) is 0 Å². The Labute approximate surface area is 287 Å². The van der Waals surface area contributed by atoms with Crippen molar-refractivity contribution in [2.24, 2.45) is 5.73 Å². The third kappa shape index (κ3) is 8.21. The van der Waals surface area contributed by atoms with Crippen molar-refractivity contribution in [2.75, 3.05) is 26.2 Å². The van der Waals surface area contributed by atoms with Gasteiger partial charge in [-0.05, 0) is 94.0 Å². The second kappa shape index (κ2) is 14.2. The Kier molecular flexibility index (Phi) is 9.92. The SMILES string of the molecule is CC(=O)N1CCC(c2ccc3cc(CN4CC[C@H](Oc5ccc6c(c5)CN([C@@H](CCC(=O)OC(C)(C)C)C(N)=O)C6=O)C4)ccc3n2)CC1. The molecule has 6 rings (SSSR count). The second-order valence-corrected chi connectivity index (χ2v) is 14.6. The lowest BCUT2D eigenvalue weighted by atomic mass is 9.92. The van der Waals surface area contributed by atoms with Gasteiger partial charge in [-0.15, -0.1) is 0 Å². The minimum absolute atomic E-state index is 0.0116. The van der Waals surface area contributed by atoms with E-state index in [-0.39, 0.29) is 37.3 Å². The summed E-state index contributed by atoms with van der Waals surface area (Å²) in [6, 6.07) is 15.3. The van der Waals surface area contributed by atoms with Gasteiger partial charge in [0.05, 0.1) is 5.52 Å². The van der Waals surface area contributed by atoms with Crippen molar-refractivity contribution in [1.29, 1.82) is 0 Å². The zero-order valence-corrected chi connectivity index (χ0v) is 28.9. The molecule has 3 aliphatic heterocycles. The van der Waals surface area contributed by atoms with Crippen molar-refractivity contribution >= 4 is 34.6 Å². The number of fused-ring (bicyclic) bond motifs is 2. The minimum Gasteiger partial charge on any atom is -0.489 e. The summed E-state index contributed by atoms with van der Waals surface area (Å²) in [6.45, 7) is 11.3. The predicted octanol–water partition coefficient (Wildman–Crippen LogP) is 4.55. The molecule has 3 aliphatic rings. The number of hydrogen-bond donors (Lipinski definition) is 1. The molecule has 0 radical (unpaired) electrons. The van der Waals surface area contributed by atoms with Crippen LogP contribution in [0.15, 0.2) is 48.5 Å². The van der Waals surface area contributed by atoms with E-state index >= 15 is 0 Å². The number of esters is 1. The van der Waals surface area contributed by atoms with E-state index in [9.17, 15) is 19.2 Å². The van der Waals surface area contributed by atoms with E-state index in [1.807, 2.05) is 11.0 Å². The summed E-state index contributed by atoms with van der Waals surface area (Å²) in [5, 5.41) is 1.12. The molecule has 0 saturated carbocycles. The number of piperidine rings is 1. The number of aromatic nitrogens is 1. The second-order valence-electron chi connectivity index (χ2n) is 14.6. The molecule has 260 valence electrons. The third-order valence-electron chi connectivity index (χ3n) is 9.73. The number of likely N-dealkylation sites (tertiary alicyclic amines) is 2. The average Bonchev–Trinajstić information content (AvgIpc) is 3.62. The highest BCUT2D eigenvalue weighted by molar-refractivity contribution is 6.01. The largest absolute Gasteiger partial charge is 0.489 e. The summed E-state index contributed by atoms with van der Waals surface area (Å²) in [6.07, 6.45) is 2.88. The van der Waals surface area contributed by atoms with E-state index in [4.69, 9.17) is 20.2 Å². The Morgan fingerprint density at radius 3 is 2.49 bits per heavy atom. The fourth-order valence-corrected chi connectivity index (χ4v) is 7.24. The molecular weight excluding hydrogens is 622 g/mol. The third-order valence-corrected chi connectivity index (χ3v) is 9.73. The van der Waals surface area contributed by atoms with E-state index in [2.05, 4.69) is 35.2 Å². The van der Waals surface area contributed by atoms with E-state index in [1.54, 1.807) is 39.8 Å². The fourth-order valence-electron chi connectivity index (χ4n) is 7.24.